The van der Waals surface area contributed by atoms with Crippen molar-refractivity contribution in [1.29, 1.82) is 0 Å². The number of rotatable bonds is 6. The van der Waals surface area contributed by atoms with Crippen molar-refractivity contribution >= 4 is 17.6 Å². The van der Waals surface area contributed by atoms with Gasteiger partial charge in [-0.05, 0) is 0 Å². The Kier molecular flexibility index (Phi) is 9.91. The normalized spacial score (nSPS) is 15.6. The van der Waals surface area contributed by atoms with E-state index in [1.54, 1.807) is 12.7 Å². The van der Waals surface area contributed by atoms with Crippen LogP contribution < -0.4 is 24.8 Å². The Hall–Kier alpha value is -3.82. The van der Waals surface area contributed by atoms with Crippen LogP contribution in [0.4, 0.5) is 0 Å². The van der Waals surface area contributed by atoms with Gasteiger partial charge in [-0.25, -0.2) is 0 Å². The SMILES string of the molecule is CC1=Cc2c(cc(-c3ccccc3)cc2-n2cnnn2)[C@@H]1[Zr+2]([C@H]1C(C)=Cc2c1cc(-c1ccccc1)cc2-n1cnnn1)=[Si](C)C.[Cl-].[Cl-]. The number of tetrazole rings is 2. The molecule has 4 aromatic carbocycles. The van der Waals surface area contributed by atoms with Crippen LogP contribution in [0.25, 0.3) is 45.8 Å². The molecule has 0 saturated heterocycles. The minimum Gasteiger partial charge on any atom is -1.00 e. The summed E-state index contributed by atoms with van der Waals surface area (Å²) in [7, 11) is 0. The third kappa shape index (κ3) is 5.89. The zero-order chi connectivity index (χ0) is 31.4. The summed E-state index contributed by atoms with van der Waals surface area (Å²) in [6, 6.07) is 30.7. The molecule has 2 heterocycles. The number of fused-ring (bicyclic) bond motifs is 2. The van der Waals surface area contributed by atoms with Crippen molar-refractivity contribution in [3.8, 4) is 33.6 Å². The molecule has 238 valence electrons. The summed E-state index contributed by atoms with van der Waals surface area (Å²) in [5, 5.41) is 24.7. The van der Waals surface area contributed by atoms with E-state index in [0.717, 1.165) is 11.4 Å². The fraction of sp³-hybridized carbons (Fsp3) is 0.167. The van der Waals surface area contributed by atoms with E-state index < -0.39 is 25.8 Å². The van der Waals surface area contributed by atoms with Crippen LogP contribution in [0.2, 0.25) is 13.1 Å². The second kappa shape index (κ2) is 14.0. The molecule has 8 nitrogen and oxygen atoms in total. The zero-order valence-electron chi connectivity index (χ0n) is 26.9. The van der Waals surface area contributed by atoms with Crippen molar-refractivity contribution in [3.05, 3.63) is 131 Å². The second-order valence-electron chi connectivity index (χ2n) is 12.3. The minimum absolute atomic E-state index is 0. The van der Waals surface area contributed by atoms with E-state index >= 15 is 0 Å². The van der Waals surface area contributed by atoms with Crippen molar-refractivity contribution in [2.45, 2.75) is 34.2 Å². The monoisotopic (exact) mass is 764 g/mol. The van der Waals surface area contributed by atoms with Gasteiger partial charge in [0.1, 0.15) is 0 Å². The molecule has 6 aromatic rings. The molecule has 12 heteroatoms. The van der Waals surface area contributed by atoms with Crippen LogP contribution in [-0.4, -0.2) is 45.8 Å². The summed E-state index contributed by atoms with van der Waals surface area (Å²) in [5.41, 5.74) is 14.6. The van der Waals surface area contributed by atoms with E-state index in [1.807, 2.05) is 9.36 Å². The number of benzene rings is 4. The molecular formula is C36H32Cl2N8SiZr. The van der Waals surface area contributed by atoms with E-state index in [0.29, 0.717) is 7.25 Å². The number of nitrogens with zero attached hydrogens (tertiary/aromatic N) is 8. The van der Waals surface area contributed by atoms with Gasteiger partial charge in [0.2, 0.25) is 0 Å². The van der Waals surface area contributed by atoms with Crippen molar-refractivity contribution in [1.82, 2.24) is 40.4 Å². The molecule has 0 radical (unpaired) electrons. The van der Waals surface area contributed by atoms with E-state index in [2.05, 4.69) is 155 Å². The van der Waals surface area contributed by atoms with Gasteiger partial charge >= 0.3 is 277 Å². The summed E-state index contributed by atoms with van der Waals surface area (Å²) in [6.45, 7) is 9.82. The van der Waals surface area contributed by atoms with Crippen LogP contribution >= 0.6 is 0 Å². The maximum atomic E-state index is 4.34. The molecule has 0 bridgehead atoms. The Balaban J connectivity index is 0.00000201. The first-order valence-electron chi connectivity index (χ1n) is 15.4. The smallest absolute Gasteiger partial charge is 1.00 e. The summed E-state index contributed by atoms with van der Waals surface area (Å²) in [5.74, 6) is 0. The Morgan fingerprint density at radius 2 is 1.00 bits per heavy atom. The first kappa shape index (κ1) is 34.1. The number of halogens is 2. The molecule has 0 amide bonds. The predicted molar refractivity (Wildman–Crippen MR) is 179 cm³/mol. The molecule has 0 fully saturated rings. The van der Waals surface area contributed by atoms with Gasteiger partial charge in [-0.15, -0.1) is 0 Å². The van der Waals surface area contributed by atoms with E-state index in [9.17, 15) is 0 Å². The first-order chi connectivity index (χ1) is 22.5. The van der Waals surface area contributed by atoms with Crippen molar-refractivity contribution < 1.29 is 45.2 Å². The average Bonchev–Trinajstić information content (AvgIpc) is 3.90. The predicted octanol–water partition coefficient (Wildman–Crippen LogP) is 1.47. The van der Waals surface area contributed by atoms with Crippen LogP contribution in [0.15, 0.2) is 109 Å². The summed E-state index contributed by atoms with van der Waals surface area (Å²) >= 11 is -2.41. The molecule has 0 aliphatic heterocycles. The summed E-state index contributed by atoms with van der Waals surface area (Å²) < 4.78 is 4.53. The second-order valence-corrected chi connectivity index (χ2v) is 30.2. The van der Waals surface area contributed by atoms with E-state index in [-0.39, 0.29) is 24.8 Å². The Morgan fingerprint density at radius 1 is 0.583 bits per heavy atom. The van der Waals surface area contributed by atoms with Crippen molar-refractivity contribution in [3.63, 3.8) is 0 Å². The van der Waals surface area contributed by atoms with Crippen LogP contribution in [-0.2, 0) is 20.4 Å². The standard InChI is InChI=1S/2C17H13N4.C2H6Si.2ClH.Zr/c2*1-12-7-15-9-14(13-5-3-2-4-6-13)10-17(16(15)8-12)21-11-18-19-20-21;1-3-2;;;/h2*2-11H,1H3;1-2H3;2*1H;/q;;;;;+2/p-2. The van der Waals surface area contributed by atoms with Gasteiger partial charge in [0.05, 0.1) is 0 Å². The first-order valence-corrected chi connectivity index (χ1v) is 24.5. The van der Waals surface area contributed by atoms with E-state index in [4.69, 9.17) is 0 Å². The molecule has 0 saturated carbocycles. The van der Waals surface area contributed by atoms with Crippen LogP contribution in [0.1, 0.15) is 43.4 Å². The molecule has 0 spiro atoms. The summed E-state index contributed by atoms with van der Waals surface area (Å²) in [4.78, 5) is 0. The Bertz CT molecular complexity index is 2050. The van der Waals surface area contributed by atoms with Gasteiger partial charge in [-0.2, -0.15) is 0 Å². The molecule has 2 aromatic heterocycles. The number of hydrogen-bond donors (Lipinski definition) is 0. The van der Waals surface area contributed by atoms with Gasteiger partial charge in [-0.1, -0.05) is 0 Å². The third-order valence-electron chi connectivity index (χ3n) is 9.26. The van der Waals surface area contributed by atoms with Gasteiger partial charge in [0.15, 0.2) is 0 Å². The molecule has 48 heavy (non-hydrogen) atoms. The van der Waals surface area contributed by atoms with Crippen molar-refractivity contribution in [2.75, 3.05) is 0 Å². The number of allylic oxidation sites excluding steroid dienone is 2. The molecule has 8 rings (SSSR count). The van der Waals surface area contributed by atoms with Gasteiger partial charge in [0.25, 0.3) is 0 Å². The topological polar surface area (TPSA) is 87.2 Å². The fourth-order valence-electron chi connectivity index (χ4n) is 7.31. The van der Waals surface area contributed by atoms with Gasteiger partial charge in [-0.3, -0.25) is 0 Å². The minimum atomic E-state index is -2.41. The Morgan fingerprint density at radius 3 is 1.35 bits per heavy atom. The number of aromatic nitrogens is 8. The largest absolute Gasteiger partial charge is 1.00 e. The third-order valence-corrected chi connectivity index (χ3v) is 29.2. The number of hydrogen-bond acceptors (Lipinski definition) is 6. The molecular weight excluding hydrogens is 735 g/mol. The molecule has 2 aliphatic carbocycles. The van der Waals surface area contributed by atoms with Gasteiger partial charge < -0.3 is 24.8 Å². The zero-order valence-corrected chi connectivity index (χ0v) is 31.9. The fourth-order valence-corrected chi connectivity index (χ4v) is 28.0. The molecule has 2 atom stereocenters. The van der Waals surface area contributed by atoms with Crippen LogP contribution in [0.5, 0.6) is 0 Å². The quantitative estimate of drug-likeness (QED) is 0.239. The molecule has 0 unspecified atom stereocenters. The average molecular weight is 767 g/mol. The van der Waals surface area contributed by atoms with Crippen LogP contribution in [0.3, 0.4) is 0 Å². The molecule has 0 N–H and O–H groups in total. The molecule has 2 aliphatic rings. The van der Waals surface area contributed by atoms with Crippen LogP contribution in [0, 0.1) is 0 Å². The maximum Gasteiger partial charge on any atom is -1.00 e. The van der Waals surface area contributed by atoms with Crippen molar-refractivity contribution in [2.24, 2.45) is 0 Å². The maximum absolute atomic E-state index is 4.34. The summed E-state index contributed by atoms with van der Waals surface area (Å²) in [6.07, 6.45) is 8.25. The van der Waals surface area contributed by atoms with Gasteiger partial charge in [0, 0.05) is 0 Å². The van der Waals surface area contributed by atoms with E-state index in [1.165, 1.54) is 55.7 Å². The Labute approximate surface area is 300 Å².